The van der Waals surface area contributed by atoms with Gasteiger partial charge in [-0.1, -0.05) is 53.3 Å². The number of aromatic nitrogens is 2. The van der Waals surface area contributed by atoms with Gasteiger partial charge in [0.05, 0.1) is 5.75 Å². The third kappa shape index (κ3) is 5.32. The van der Waals surface area contributed by atoms with Crippen molar-refractivity contribution >= 4 is 44.0 Å². The number of nitrogens with zero attached hydrogens (tertiary/aromatic N) is 3. The molecule has 0 atom stereocenters. The van der Waals surface area contributed by atoms with Gasteiger partial charge in [0.25, 0.3) is 0 Å². The molecule has 7 nitrogen and oxygen atoms in total. The molecule has 1 fully saturated rings. The standard InChI is InChI=1S/C21H20ClFN4O3S2/c22-17-7-5-15(6-8-17)20-25-26-21(31-20)24-19(28)14-9-11-27(12-10-14)32(29,30)13-16-3-1-2-4-18(16)23/h1-8,14H,9-13H2,(H,24,26,28). The normalized spacial score (nSPS) is 15.6. The van der Waals surface area contributed by atoms with Crippen molar-refractivity contribution in [2.75, 3.05) is 18.4 Å². The van der Waals surface area contributed by atoms with Crippen LogP contribution in [-0.2, 0) is 20.6 Å². The van der Waals surface area contributed by atoms with E-state index >= 15 is 0 Å². The molecule has 2 aromatic carbocycles. The number of amides is 1. The van der Waals surface area contributed by atoms with Crippen LogP contribution in [0.5, 0.6) is 0 Å². The van der Waals surface area contributed by atoms with Gasteiger partial charge in [-0.2, -0.15) is 0 Å². The molecule has 32 heavy (non-hydrogen) atoms. The Morgan fingerprint density at radius 2 is 1.81 bits per heavy atom. The van der Waals surface area contributed by atoms with Crippen molar-refractivity contribution in [2.45, 2.75) is 18.6 Å². The van der Waals surface area contributed by atoms with Crippen LogP contribution in [-0.4, -0.2) is 41.9 Å². The average Bonchev–Trinajstić information content (AvgIpc) is 3.24. The lowest BCUT2D eigenvalue weighted by molar-refractivity contribution is -0.120. The van der Waals surface area contributed by atoms with Gasteiger partial charge in [-0.15, -0.1) is 10.2 Å². The first-order valence-electron chi connectivity index (χ1n) is 9.93. The zero-order chi connectivity index (χ0) is 22.7. The summed E-state index contributed by atoms with van der Waals surface area (Å²) in [5.41, 5.74) is 0.987. The fourth-order valence-electron chi connectivity index (χ4n) is 3.49. The van der Waals surface area contributed by atoms with E-state index in [0.29, 0.717) is 28.0 Å². The van der Waals surface area contributed by atoms with Crippen LogP contribution in [0.3, 0.4) is 0 Å². The van der Waals surface area contributed by atoms with E-state index in [2.05, 4.69) is 15.5 Å². The van der Waals surface area contributed by atoms with Gasteiger partial charge < -0.3 is 5.32 Å². The van der Waals surface area contributed by atoms with Crippen molar-refractivity contribution < 1.29 is 17.6 Å². The van der Waals surface area contributed by atoms with Crippen molar-refractivity contribution in [3.05, 3.63) is 64.9 Å². The van der Waals surface area contributed by atoms with Crippen LogP contribution in [0.2, 0.25) is 5.02 Å². The van der Waals surface area contributed by atoms with E-state index in [9.17, 15) is 17.6 Å². The summed E-state index contributed by atoms with van der Waals surface area (Å²) in [6.07, 6.45) is 0.760. The van der Waals surface area contributed by atoms with Crippen molar-refractivity contribution in [2.24, 2.45) is 5.92 Å². The summed E-state index contributed by atoms with van der Waals surface area (Å²) < 4.78 is 40.5. The molecule has 3 aromatic rings. The number of piperidine rings is 1. The maximum atomic E-state index is 13.8. The van der Waals surface area contributed by atoms with Gasteiger partial charge in [0.2, 0.25) is 21.1 Å². The van der Waals surface area contributed by atoms with Gasteiger partial charge in [0, 0.05) is 35.2 Å². The molecule has 11 heteroatoms. The first-order valence-corrected chi connectivity index (χ1v) is 12.7. The number of carbonyl (C=O) groups is 1. The summed E-state index contributed by atoms with van der Waals surface area (Å²) in [5, 5.41) is 12.6. The Bertz CT molecular complexity index is 1210. The third-order valence-corrected chi connectivity index (χ3v) is 8.23. The maximum Gasteiger partial charge on any atom is 0.229 e. The number of benzene rings is 2. The minimum atomic E-state index is -3.67. The monoisotopic (exact) mass is 494 g/mol. The van der Waals surface area contributed by atoms with E-state index in [1.54, 1.807) is 18.2 Å². The van der Waals surface area contributed by atoms with E-state index < -0.39 is 21.6 Å². The number of hydrogen-bond acceptors (Lipinski definition) is 6. The van der Waals surface area contributed by atoms with Gasteiger partial charge in [-0.05, 0) is 31.0 Å². The fraction of sp³-hybridized carbons (Fsp3) is 0.286. The third-order valence-electron chi connectivity index (χ3n) is 5.26. The summed E-state index contributed by atoms with van der Waals surface area (Å²) in [5.74, 6) is -1.48. The smallest absolute Gasteiger partial charge is 0.229 e. The van der Waals surface area contributed by atoms with Crippen LogP contribution >= 0.6 is 22.9 Å². The second-order valence-corrected chi connectivity index (χ2v) is 10.8. The Balaban J connectivity index is 1.33. The van der Waals surface area contributed by atoms with Crippen LogP contribution in [0.4, 0.5) is 9.52 Å². The zero-order valence-corrected chi connectivity index (χ0v) is 19.3. The van der Waals surface area contributed by atoms with Gasteiger partial charge in [0.15, 0.2) is 0 Å². The molecule has 4 rings (SSSR count). The number of carbonyl (C=O) groups excluding carboxylic acids is 1. The van der Waals surface area contributed by atoms with Gasteiger partial charge in [0.1, 0.15) is 10.8 Å². The van der Waals surface area contributed by atoms with E-state index in [4.69, 9.17) is 11.6 Å². The Hall–Kier alpha value is -2.40. The Labute approximate surface area is 194 Å². The highest BCUT2D eigenvalue weighted by atomic mass is 35.5. The van der Waals surface area contributed by atoms with Crippen molar-refractivity contribution in [1.29, 1.82) is 0 Å². The predicted octanol–water partition coefficient (Wildman–Crippen LogP) is 4.18. The fourth-order valence-corrected chi connectivity index (χ4v) is 5.94. The molecule has 0 bridgehead atoms. The van der Waals surface area contributed by atoms with E-state index in [1.165, 1.54) is 33.8 Å². The molecule has 168 valence electrons. The molecule has 1 aliphatic rings. The maximum absolute atomic E-state index is 13.8. The number of hydrogen-bond donors (Lipinski definition) is 1. The lowest BCUT2D eigenvalue weighted by atomic mass is 9.97. The quantitative estimate of drug-likeness (QED) is 0.555. The van der Waals surface area contributed by atoms with Crippen molar-refractivity contribution in [3.8, 4) is 10.6 Å². The zero-order valence-electron chi connectivity index (χ0n) is 16.9. The minimum absolute atomic E-state index is 0.139. The van der Waals surface area contributed by atoms with Crippen LogP contribution in [0.25, 0.3) is 10.6 Å². The Kier molecular flexibility index (Phi) is 6.85. The highest BCUT2D eigenvalue weighted by Gasteiger charge is 2.32. The molecule has 0 unspecified atom stereocenters. The molecule has 0 spiro atoms. The number of rotatable bonds is 6. The summed E-state index contributed by atoms with van der Waals surface area (Å²) >= 11 is 7.15. The summed E-state index contributed by atoms with van der Waals surface area (Å²) in [6.45, 7) is 0.419. The SMILES string of the molecule is O=C(Nc1nnc(-c2ccc(Cl)cc2)s1)C1CCN(S(=O)(=O)Cc2ccccc2F)CC1. The molecule has 1 aliphatic heterocycles. The van der Waals surface area contributed by atoms with Crippen molar-refractivity contribution in [1.82, 2.24) is 14.5 Å². The van der Waals surface area contributed by atoms with Crippen LogP contribution in [0, 0.1) is 11.7 Å². The summed E-state index contributed by atoms with van der Waals surface area (Å²) in [7, 11) is -3.67. The molecular weight excluding hydrogens is 475 g/mol. The Morgan fingerprint density at radius 3 is 2.50 bits per heavy atom. The second-order valence-electron chi connectivity index (χ2n) is 7.43. The minimum Gasteiger partial charge on any atom is -0.300 e. The molecule has 1 N–H and O–H groups in total. The largest absolute Gasteiger partial charge is 0.300 e. The van der Waals surface area contributed by atoms with Crippen LogP contribution < -0.4 is 5.32 Å². The molecule has 2 heterocycles. The van der Waals surface area contributed by atoms with Gasteiger partial charge in [-0.3, -0.25) is 4.79 Å². The highest BCUT2D eigenvalue weighted by molar-refractivity contribution is 7.88. The molecule has 0 saturated carbocycles. The molecule has 1 aromatic heterocycles. The van der Waals surface area contributed by atoms with Gasteiger partial charge >= 0.3 is 0 Å². The second kappa shape index (κ2) is 9.62. The molecule has 0 radical (unpaired) electrons. The van der Waals surface area contributed by atoms with E-state index in [-0.39, 0.29) is 30.5 Å². The predicted molar refractivity (Wildman–Crippen MR) is 122 cm³/mol. The molecular formula is C21H20ClFN4O3S2. The first kappa shape index (κ1) is 22.8. The molecule has 1 saturated heterocycles. The number of nitrogens with one attached hydrogen (secondary N) is 1. The number of sulfonamides is 1. The van der Waals surface area contributed by atoms with E-state index in [1.807, 2.05) is 12.1 Å². The highest BCUT2D eigenvalue weighted by Crippen LogP contribution is 2.29. The van der Waals surface area contributed by atoms with Crippen molar-refractivity contribution in [3.63, 3.8) is 0 Å². The molecule has 0 aliphatic carbocycles. The topological polar surface area (TPSA) is 92.3 Å². The number of anilines is 1. The van der Waals surface area contributed by atoms with E-state index in [0.717, 1.165) is 5.56 Å². The van der Waals surface area contributed by atoms with Gasteiger partial charge in [-0.25, -0.2) is 17.1 Å². The Morgan fingerprint density at radius 1 is 1.12 bits per heavy atom. The molecule has 1 amide bonds. The lowest BCUT2D eigenvalue weighted by Gasteiger charge is -2.30. The van der Waals surface area contributed by atoms with Crippen LogP contribution in [0.15, 0.2) is 48.5 Å². The average molecular weight is 495 g/mol. The number of halogens is 2. The summed E-state index contributed by atoms with van der Waals surface area (Å²) in [4.78, 5) is 12.6. The summed E-state index contributed by atoms with van der Waals surface area (Å²) in [6, 6.07) is 13.0. The first-order chi connectivity index (χ1) is 15.3. The van der Waals surface area contributed by atoms with Crippen LogP contribution in [0.1, 0.15) is 18.4 Å². The lowest BCUT2D eigenvalue weighted by Crippen LogP contribution is -2.42.